The van der Waals surface area contributed by atoms with E-state index in [1.54, 1.807) is 0 Å². The van der Waals surface area contributed by atoms with Crippen LogP contribution in [0.25, 0.3) is 0 Å². The van der Waals surface area contributed by atoms with E-state index in [0.29, 0.717) is 23.4 Å². The minimum Gasteiger partial charge on any atom is -0.338 e. The van der Waals surface area contributed by atoms with Gasteiger partial charge in [-0.15, -0.1) is 0 Å². The van der Waals surface area contributed by atoms with Gasteiger partial charge >= 0.3 is 0 Å². The summed E-state index contributed by atoms with van der Waals surface area (Å²) < 4.78 is 27.4. The molecule has 3 rings (SSSR count). The average molecular weight is 356 g/mol. The van der Waals surface area contributed by atoms with Crippen LogP contribution in [0.5, 0.6) is 0 Å². The molecule has 1 aliphatic rings. The topological polar surface area (TPSA) is 75.9 Å². The number of aromatic nitrogens is 2. The van der Waals surface area contributed by atoms with Crippen molar-refractivity contribution < 1.29 is 8.78 Å². The lowest BCUT2D eigenvalue weighted by atomic mass is 10.3. The highest BCUT2D eigenvalue weighted by Crippen LogP contribution is 2.39. The maximum absolute atomic E-state index is 13.8. The predicted octanol–water partition coefficient (Wildman–Crippen LogP) is 3.42. The lowest BCUT2D eigenvalue weighted by molar-refractivity contribution is 0.597. The average Bonchev–Trinajstić information content (AvgIpc) is 3.29. The van der Waals surface area contributed by atoms with Gasteiger partial charge in [0.15, 0.2) is 0 Å². The number of nitrogens with two attached hydrogens (primary N) is 1. The van der Waals surface area contributed by atoms with E-state index in [9.17, 15) is 8.78 Å². The first kappa shape index (κ1) is 14.2. The van der Waals surface area contributed by atoms with E-state index in [1.165, 1.54) is 6.07 Å². The summed E-state index contributed by atoms with van der Waals surface area (Å²) in [5.74, 6) is 5.96. The summed E-state index contributed by atoms with van der Waals surface area (Å²) in [4.78, 5) is 8.56. The third-order valence-electron chi connectivity index (χ3n) is 3.11. The van der Waals surface area contributed by atoms with E-state index in [4.69, 9.17) is 5.84 Å². The van der Waals surface area contributed by atoms with Gasteiger partial charge in [0.25, 0.3) is 0 Å². The number of nitrogens with zero attached hydrogens (tertiary/aromatic N) is 2. The van der Waals surface area contributed by atoms with Crippen molar-refractivity contribution in [2.45, 2.75) is 18.8 Å². The quantitative estimate of drug-likeness (QED) is 0.445. The molecule has 110 valence electrons. The van der Waals surface area contributed by atoms with E-state index in [1.807, 2.05) is 0 Å². The molecule has 1 heterocycles. The maximum atomic E-state index is 13.8. The molecule has 5 nitrogen and oxygen atoms in total. The van der Waals surface area contributed by atoms with Crippen LogP contribution in [0.4, 0.5) is 26.1 Å². The third-order valence-corrected chi connectivity index (χ3v) is 3.71. The van der Waals surface area contributed by atoms with Gasteiger partial charge in [0.05, 0.1) is 10.2 Å². The number of anilines is 3. The van der Waals surface area contributed by atoms with Crippen LogP contribution in [-0.4, -0.2) is 9.97 Å². The van der Waals surface area contributed by atoms with Gasteiger partial charge in [0, 0.05) is 18.1 Å². The van der Waals surface area contributed by atoms with E-state index >= 15 is 0 Å². The molecule has 0 amide bonds. The molecule has 1 saturated carbocycles. The number of nitrogen functional groups attached to an aromatic ring is 1. The molecule has 4 N–H and O–H groups in total. The summed E-state index contributed by atoms with van der Waals surface area (Å²) in [5, 5.41) is 2.76. The van der Waals surface area contributed by atoms with Crippen molar-refractivity contribution in [2.24, 2.45) is 5.84 Å². The van der Waals surface area contributed by atoms with Crippen molar-refractivity contribution >= 4 is 33.3 Å². The highest BCUT2D eigenvalue weighted by Gasteiger charge is 2.27. The second-order valence-electron chi connectivity index (χ2n) is 4.79. The molecule has 0 bridgehead atoms. The Morgan fingerprint density at radius 3 is 2.48 bits per heavy atom. The lowest BCUT2D eigenvalue weighted by Gasteiger charge is -2.10. The second-order valence-corrected chi connectivity index (χ2v) is 5.64. The summed E-state index contributed by atoms with van der Waals surface area (Å²) >= 11 is 2.93. The fourth-order valence-corrected chi connectivity index (χ4v) is 2.20. The number of hydrogen-bond acceptors (Lipinski definition) is 5. The van der Waals surface area contributed by atoms with Crippen LogP contribution in [0, 0.1) is 11.6 Å². The van der Waals surface area contributed by atoms with Crippen LogP contribution in [0.1, 0.15) is 24.6 Å². The Hall–Kier alpha value is -1.80. The van der Waals surface area contributed by atoms with Gasteiger partial charge in [-0.1, -0.05) is 0 Å². The molecule has 1 aromatic heterocycles. The van der Waals surface area contributed by atoms with Crippen molar-refractivity contribution in [3.05, 3.63) is 40.1 Å². The van der Waals surface area contributed by atoms with E-state index in [0.717, 1.165) is 25.0 Å². The zero-order valence-electron chi connectivity index (χ0n) is 10.8. The highest BCUT2D eigenvalue weighted by molar-refractivity contribution is 9.10. The van der Waals surface area contributed by atoms with Crippen molar-refractivity contribution in [3.8, 4) is 0 Å². The standard InChI is InChI=1S/C13H12BrF2N5/c14-7-3-9(16)10(4-8(7)15)18-11-5-12(21-17)20-13(19-11)6-1-2-6/h3-6H,1-2,17H2,(H2,18,19,20,21). The van der Waals surface area contributed by atoms with Crippen molar-refractivity contribution in [1.82, 2.24) is 9.97 Å². The van der Waals surface area contributed by atoms with Crippen LogP contribution in [-0.2, 0) is 0 Å². The van der Waals surface area contributed by atoms with Crippen LogP contribution in [0.2, 0.25) is 0 Å². The zero-order valence-corrected chi connectivity index (χ0v) is 12.4. The fraction of sp³-hybridized carbons (Fsp3) is 0.231. The Balaban J connectivity index is 1.94. The first-order valence-electron chi connectivity index (χ1n) is 6.34. The third kappa shape index (κ3) is 3.11. The highest BCUT2D eigenvalue weighted by atomic mass is 79.9. The Bertz CT molecular complexity index is 691. The minimum absolute atomic E-state index is 0.000816. The van der Waals surface area contributed by atoms with E-state index in [-0.39, 0.29) is 10.2 Å². The van der Waals surface area contributed by atoms with Crippen molar-refractivity contribution in [3.63, 3.8) is 0 Å². The molecular weight excluding hydrogens is 344 g/mol. The fourth-order valence-electron chi connectivity index (χ4n) is 1.88. The van der Waals surface area contributed by atoms with Gasteiger partial charge in [-0.05, 0) is 34.8 Å². The SMILES string of the molecule is NNc1cc(Nc2cc(F)c(Br)cc2F)nc(C2CC2)n1. The predicted molar refractivity (Wildman–Crippen MR) is 79.2 cm³/mol. The minimum atomic E-state index is -0.586. The summed E-state index contributed by atoms with van der Waals surface area (Å²) in [7, 11) is 0. The number of benzene rings is 1. The van der Waals surface area contributed by atoms with Crippen LogP contribution < -0.4 is 16.6 Å². The smallest absolute Gasteiger partial charge is 0.148 e. The molecule has 1 fully saturated rings. The first-order valence-corrected chi connectivity index (χ1v) is 7.13. The van der Waals surface area contributed by atoms with Gasteiger partial charge in [0.2, 0.25) is 0 Å². The molecule has 0 radical (unpaired) electrons. The number of rotatable bonds is 4. The van der Waals surface area contributed by atoms with Crippen LogP contribution in [0.3, 0.4) is 0 Å². The number of hydrazine groups is 1. The molecule has 0 atom stereocenters. The molecule has 1 aromatic carbocycles. The molecule has 21 heavy (non-hydrogen) atoms. The number of nitrogens with one attached hydrogen (secondary N) is 2. The van der Waals surface area contributed by atoms with Gasteiger partial charge < -0.3 is 10.7 Å². The van der Waals surface area contributed by atoms with Crippen LogP contribution in [0.15, 0.2) is 22.7 Å². The molecule has 0 saturated heterocycles. The summed E-state index contributed by atoms with van der Waals surface area (Å²) in [6.45, 7) is 0. The molecule has 1 aliphatic carbocycles. The Labute approximate surface area is 128 Å². The summed E-state index contributed by atoms with van der Waals surface area (Å²) in [6.07, 6.45) is 2.05. The van der Waals surface area contributed by atoms with E-state index in [2.05, 4.69) is 36.6 Å². The molecular formula is C13H12BrF2N5. The first-order chi connectivity index (χ1) is 10.1. The van der Waals surface area contributed by atoms with Crippen molar-refractivity contribution in [2.75, 3.05) is 10.7 Å². The molecule has 0 spiro atoms. The second kappa shape index (κ2) is 5.53. The lowest BCUT2D eigenvalue weighted by Crippen LogP contribution is -2.11. The molecule has 0 aliphatic heterocycles. The number of halogens is 3. The van der Waals surface area contributed by atoms with Gasteiger partial charge in [0.1, 0.15) is 29.1 Å². The monoisotopic (exact) mass is 355 g/mol. The largest absolute Gasteiger partial charge is 0.338 e. The molecule has 8 heteroatoms. The van der Waals surface area contributed by atoms with Crippen molar-refractivity contribution in [1.29, 1.82) is 0 Å². The molecule has 0 unspecified atom stereocenters. The van der Waals surface area contributed by atoms with Gasteiger partial charge in [-0.2, -0.15) is 0 Å². The molecule has 2 aromatic rings. The van der Waals surface area contributed by atoms with Gasteiger partial charge in [-0.25, -0.2) is 24.6 Å². The Morgan fingerprint density at radius 1 is 1.10 bits per heavy atom. The van der Waals surface area contributed by atoms with E-state index < -0.39 is 11.6 Å². The normalized spacial score (nSPS) is 14.1. The van der Waals surface area contributed by atoms with Gasteiger partial charge in [-0.3, -0.25) is 0 Å². The summed E-state index contributed by atoms with van der Waals surface area (Å²) in [6, 6.07) is 3.65. The zero-order chi connectivity index (χ0) is 15.0. The van der Waals surface area contributed by atoms with Crippen LogP contribution >= 0.6 is 15.9 Å². The number of hydrogen-bond donors (Lipinski definition) is 3. The Morgan fingerprint density at radius 2 is 1.81 bits per heavy atom. The Kier molecular flexibility index (Phi) is 3.73. The summed E-state index contributed by atoms with van der Waals surface area (Å²) in [5.41, 5.74) is 2.44. The maximum Gasteiger partial charge on any atom is 0.148 e.